The van der Waals surface area contributed by atoms with Crippen molar-refractivity contribution in [3.8, 4) is 0 Å². The van der Waals surface area contributed by atoms with Crippen LogP contribution in [0.5, 0.6) is 0 Å². The first-order chi connectivity index (χ1) is 14.5. The summed E-state index contributed by atoms with van der Waals surface area (Å²) in [7, 11) is -3.82. The van der Waals surface area contributed by atoms with E-state index in [0.717, 1.165) is 17.0 Å². The number of nitrogens with zero attached hydrogens (tertiary/aromatic N) is 2. The molecular weight excluding hydrogens is 451 g/mol. The highest BCUT2D eigenvalue weighted by Gasteiger charge is 2.32. The molecule has 0 saturated carbocycles. The van der Waals surface area contributed by atoms with E-state index in [9.17, 15) is 26.4 Å². The molecule has 11 heteroatoms. The Balaban J connectivity index is 1.77. The Bertz CT molecular complexity index is 1070. The predicted molar refractivity (Wildman–Crippen MR) is 115 cm³/mol. The number of halogens is 3. The first kappa shape index (κ1) is 23.4. The van der Waals surface area contributed by atoms with Crippen LogP contribution in [0.4, 0.5) is 24.5 Å². The van der Waals surface area contributed by atoms with Crippen molar-refractivity contribution in [1.29, 1.82) is 0 Å². The fourth-order valence-electron chi connectivity index (χ4n) is 3.35. The molecule has 0 unspecified atom stereocenters. The van der Waals surface area contributed by atoms with E-state index in [1.807, 2.05) is 6.26 Å². The van der Waals surface area contributed by atoms with Gasteiger partial charge in [-0.05, 0) is 42.7 Å². The van der Waals surface area contributed by atoms with Crippen molar-refractivity contribution in [3.05, 3.63) is 48.0 Å². The minimum absolute atomic E-state index is 0.0570. The van der Waals surface area contributed by atoms with Crippen LogP contribution < -0.4 is 10.2 Å². The fourth-order valence-corrected chi connectivity index (χ4v) is 5.33. The average molecular weight is 474 g/mol. The molecule has 0 aliphatic carbocycles. The van der Waals surface area contributed by atoms with Gasteiger partial charge in [0, 0.05) is 43.7 Å². The summed E-state index contributed by atoms with van der Waals surface area (Å²) in [5.41, 5.74) is 0.0900. The molecule has 3 rings (SSSR count). The van der Waals surface area contributed by atoms with Gasteiger partial charge in [0.05, 0.1) is 16.1 Å². The van der Waals surface area contributed by atoms with Gasteiger partial charge in [0.15, 0.2) is 0 Å². The number of benzene rings is 2. The van der Waals surface area contributed by atoms with Gasteiger partial charge in [-0.15, -0.1) is 11.8 Å². The second-order valence-electron chi connectivity index (χ2n) is 6.98. The van der Waals surface area contributed by atoms with Gasteiger partial charge < -0.3 is 10.2 Å². The third-order valence-corrected chi connectivity index (χ3v) is 7.59. The van der Waals surface area contributed by atoms with E-state index < -0.39 is 21.8 Å². The van der Waals surface area contributed by atoms with Crippen molar-refractivity contribution < 1.29 is 26.4 Å². The van der Waals surface area contributed by atoms with E-state index in [-0.39, 0.29) is 37.0 Å². The zero-order chi connectivity index (χ0) is 22.8. The number of rotatable bonds is 5. The molecule has 1 heterocycles. The number of sulfonamides is 1. The van der Waals surface area contributed by atoms with Gasteiger partial charge in [-0.25, -0.2) is 8.42 Å². The first-order valence-electron chi connectivity index (χ1n) is 9.40. The monoisotopic (exact) mass is 473 g/mol. The van der Waals surface area contributed by atoms with Crippen molar-refractivity contribution in [1.82, 2.24) is 4.31 Å². The molecule has 31 heavy (non-hydrogen) atoms. The number of nitrogens with one attached hydrogen (secondary N) is 1. The van der Waals surface area contributed by atoms with Gasteiger partial charge in [0.1, 0.15) is 0 Å². The number of hydrogen-bond acceptors (Lipinski definition) is 5. The number of carbonyl (C=O) groups is 1. The minimum atomic E-state index is -4.43. The molecule has 6 nitrogen and oxygen atoms in total. The van der Waals surface area contributed by atoms with Crippen molar-refractivity contribution in [3.63, 3.8) is 0 Å². The van der Waals surface area contributed by atoms with Gasteiger partial charge in [-0.3, -0.25) is 4.79 Å². The smallest absolute Gasteiger partial charge is 0.369 e. The maximum Gasteiger partial charge on any atom is 0.416 e. The van der Waals surface area contributed by atoms with Crippen LogP contribution in [0.3, 0.4) is 0 Å². The lowest BCUT2D eigenvalue weighted by atomic mass is 10.1. The number of alkyl halides is 3. The molecular formula is C20H22F3N3O3S2. The Morgan fingerprint density at radius 2 is 1.74 bits per heavy atom. The Hall–Kier alpha value is -2.24. The first-order valence-corrected chi connectivity index (χ1v) is 12.1. The maximum atomic E-state index is 13.1. The highest BCUT2D eigenvalue weighted by Crippen LogP contribution is 2.33. The molecule has 1 aliphatic heterocycles. The predicted octanol–water partition coefficient (Wildman–Crippen LogP) is 3.90. The standard InChI is InChI=1S/C20H22F3N3O3S2/c1-14(27)24-18-13-17(6-7-19(18)30-2)31(28,29)26-10-8-25(9-11-26)16-5-3-4-15(12-16)20(21,22)23/h3-7,12-13H,8-11H2,1-2H3,(H,24,27). The van der Waals surface area contributed by atoms with E-state index in [4.69, 9.17) is 0 Å². The lowest BCUT2D eigenvalue weighted by molar-refractivity contribution is -0.137. The lowest BCUT2D eigenvalue weighted by Crippen LogP contribution is -2.48. The van der Waals surface area contributed by atoms with Crippen LogP contribution in [0.25, 0.3) is 0 Å². The van der Waals surface area contributed by atoms with Gasteiger partial charge in [0.25, 0.3) is 0 Å². The zero-order valence-corrected chi connectivity index (χ0v) is 18.6. The number of anilines is 2. The number of hydrogen-bond donors (Lipinski definition) is 1. The molecule has 1 saturated heterocycles. The summed E-state index contributed by atoms with van der Waals surface area (Å²) in [4.78, 5) is 14.0. The van der Waals surface area contributed by atoms with Crippen LogP contribution in [0.1, 0.15) is 12.5 Å². The van der Waals surface area contributed by atoms with Crippen LogP contribution in [0, 0.1) is 0 Å². The molecule has 0 spiro atoms. The molecule has 1 amide bonds. The molecule has 1 N–H and O–H groups in total. The molecule has 2 aromatic rings. The number of thioether (sulfide) groups is 1. The average Bonchev–Trinajstić information content (AvgIpc) is 2.73. The third kappa shape index (κ3) is 5.34. The van der Waals surface area contributed by atoms with Crippen molar-refractivity contribution >= 4 is 39.1 Å². The Morgan fingerprint density at radius 1 is 1.06 bits per heavy atom. The van der Waals surface area contributed by atoms with Gasteiger partial charge in [-0.2, -0.15) is 17.5 Å². The van der Waals surface area contributed by atoms with Crippen molar-refractivity contribution in [2.24, 2.45) is 0 Å². The molecule has 0 aromatic heterocycles. The summed E-state index contributed by atoms with van der Waals surface area (Å²) >= 11 is 1.38. The van der Waals surface area contributed by atoms with E-state index in [2.05, 4.69) is 5.32 Å². The topological polar surface area (TPSA) is 69.7 Å². The molecule has 0 atom stereocenters. The largest absolute Gasteiger partial charge is 0.416 e. The number of piperazine rings is 1. The van der Waals surface area contributed by atoms with Gasteiger partial charge >= 0.3 is 6.18 Å². The number of amides is 1. The molecule has 168 valence electrons. The molecule has 0 radical (unpaired) electrons. The van der Waals surface area contributed by atoms with Gasteiger partial charge in [0.2, 0.25) is 15.9 Å². The highest BCUT2D eigenvalue weighted by molar-refractivity contribution is 7.98. The maximum absolute atomic E-state index is 13.1. The van der Waals surface area contributed by atoms with Crippen LogP contribution >= 0.6 is 11.8 Å². The third-order valence-electron chi connectivity index (χ3n) is 4.90. The van der Waals surface area contributed by atoms with Crippen LogP contribution in [0.2, 0.25) is 0 Å². The minimum Gasteiger partial charge on any atom is -0.369 e. The number of carbonyl (C=O) groups excluding carboxylic acids is 1. The van der Waals surface area contributed by atoms with Crippen LogP contribution in [-0.4, -0.2) is 51.1 Å². The van der Waals surface area contributed by atoms with Crippen molar-refractivity contribution in [2.45, 2.75) is 22.9 Å². The molecule has 0 bridgehead atoms. The highest BCUT2D eigenvalue weighted by atomic mass is 32.2. The Labute approximate surface area is 183 Å². The van der Waals surface area contributed by atoms with E-state index in [1.165, 1.54) is 41.2 Å². The SMILES string of the molecule is CSc1ccc(S(=O)(=O)N2CCN(c3cccc(C(F)(F)F)c3)CC2)cc1NC(C)=O. The molecule has 1 aliphatic rings. The summed E-state index contributed by atoms with van der Waals surface area (Å²) in [6.45, 7) is 2.15. The zero-order valence-electron chi connectivity index (χ0n) is 16.9. The van der Waals surface area contributed by atoms with Crippen LogP contribution in [-0.2, 0) is 21.0 Å². The molecule has 1 fully saturated rings. The Kier molecular flexibility index (Phi) is 6.87. The van der Waals surface area contributed by atoms with E-state index in [1.54, 1.807) is 17.0 Å². The summed E-state index contributed by atoms with van der Waals surface area (Å²) in [5.74, 6) is -0.306. The lowest BCUT2D eigenvalue weighted by Gasteiger charge is -2.35. The Morgan fingerprint density at radius 3 is 2.32 bits per heavy atom. The second kappa shape index (κ2) is 9.09. The van der Waals surface area contributed by atoms with Crippen molar-refractivity contribution in [2.75, 3.05) is 42.7 Å². The van der Waals surface area contributed by atoms with Crippen LogP contribution in [0.15, 0.2) is 52.3 Å². The molecule has 2 aromatic carbocycles. The normalized spacial score (nSPS) is 15.7. The summed E-state index contributed by atoms with van der Waals surface area (Å²) in [6.07, 6.45) is -2.61. The van der Waals surface area contributed by atoms with E-state index >= 15 is 0 Å². The second-order valence-corrected chi connectivity index (χ2v) is 9.77. The summed E-state index contributed by atoms with van der Waals surface area (Å²) in [5, 5.41) is 2.64. The van der Waals surface area contributed by atoms with E-state index in [0.29, 0.717) is 11.4 Å². The summed E-state index contributed by atoms with van der Waals surface area (Å²) in [6, 6.07) is 9.58. The quantitative estimate of drug-likeness (QED) is 0.668. The summed E-state index contributed by atoms with van der Waals surface area (Å²) < 4.78 is 66.4. The fraction of sp³-hybridized carbons (Fsp3) is 0.350. The van der Waals surface area contributed by atoms with Gasteiger partial charge in [-0.1, -0.05) is 6.07 Å².